The Kier molecular flexibility index (Phi) is 5.01. The highest BCUT2D eigenvalue weighted by Gasteiger charge is 2.18. The molecule has 2 rings (SSSR count). The van der Waals surface area contributed by atoms with Crippen LogP contribution in [0.4, 0.5) is 0 Å². The standard InChI is InChI=1S/C15H14Cl2N2O/c16-11-7-4-8-12(17)14(11)15(20)19-13(9-18)10-5-2-1-3-6-10/h1-8,13H,9,18H2,(H,19,20). The van der Waals surface area contributed by atoms with Gasteiger partial charge in [0.05, 0.1) is 21.7 Å². The van der Waals surface area contributed by atoms with Crippen molar-refractivity contribution in [2.75, 3.05) is 6.54 Å². The summed E-state index contributed by atoms with van der Waals surface area (Å²) in [7, 11) is 0. The largest absolute Gasteiger partial charge is 0.344 e. The van der Waals surface area contributed by atoms with Crippen molar-refractivity contribution in [3.05, 3.63) is 69.7 Å². The van der Waals surface area contributed by atoms with Gasteiger partial charge >= 0.3 is 0 Å². The fourth-order valence-electron chi connectivity index (χ4n) is 1.91. The number of benzene rings is 2. The number of carbonyl (C=O) groups is 1. The Morgan fingerprint density at radius 3 is 2.20 bits per heavy atom. The van der Waals surface area contributed by atoms with Gasteiger partial charge in [0, 0.05) is 6.54 Å². The molecule has 0 aromatic heterocycles. The molecule has 1 atom stereocenters. The van der Waals surface area contributed by atoms with E-state index in [0.29, 0.717) is 10.0 Å². The maximum Gasteiger partial charge on any atom is 0.254 e. The lowest BCUT2D eigenvalue weighted by atomic mass is 10.1. The smallest absolute Gasteiger partial charge is 0.254 e. The first kappa shape index (κ1) is 14.9. The fraction of sp³-hybridized carbons (Fsp3) is 0.133. The minimum Gasteiger partial charge on any atom is -0.344 e. The lowest BCUT2D eigenvalue weighted by Crippen LogP contribution is -2.33. The summed E-state index contributed by atoms with van der Waals surface area (Å²) in [4.78, 5) is 12.3. The van der Waals surface area contributed by atoms with Gasteiger partial charge in [0.1, 0.15) is 0 Å². The van der Waals surface area contributed by atoms with Crippen molar-refractivity contribution < 1.29 is 4.79 Å². The summed E-state index contributed by atoms with van der Waals surface area (Å²) >= 11 is 12.0. The summed E-state index contributed by atoms with van der Waals surface area (Å²) in [5, 5.41) is 3.48. The van der Waals surface area contributed by atoms with Crippen LogP contribution >= 0.6 is 23.2 Å². The Labute approximate surface area is 127 Å². The van der Waals surface area contributed by atoms with Gasteiger partial charge in [0.2, 0.25) is 0 Å². The molecule has 0 saturated carbocycles. The SMILES string of the molecule is NCC(NC(=O)c1c(Cl)cccc1Cl)c1ccccc1. The summed E-state index contributed by atoms with van der Waals surface area (Å²) in [5.74, 6) is -0.333. The maximum atomic E-state index is 12.3. The van der Waals surface area contributed by atoms with Gasteiger partial charge in [-0.2, -0.15) is 0 Å². The third-order valence-corrected chi connectivity index (χ3v) is 3.56. The van der Waals surface area contributed by atoms with Crippen molar-refractivity contribution in [3.8, 4) is 0 Å². The molecule has 2 aromatic carbocycles. The maximum absolute atomic E-state index is 12.3. The number of rotatable bonds is 4. The molecule has 1 unspecified atom stereocenters. The number of halogens is 2. The first-order valence-electron chi connectivity index (χ1n) is 6.13. The molecule has 0 aliphatic rings. The van der Waals surface area contributed by atoms with E-state index >= 15 is 0 Å². The zero-order chi connectivity index (χ0) is 14.5. The van der Waals surface area contributed by atoms with E-state index in [-0.39, 0.29) is 24.1 Å². The molecule has 0 spiro atoms. The minimum absolute atomic E-state index is 0.269. The van der Waals surface area contributed by atoms with Crippen LogP contribution in [0.3, 0.4) is 0 Å². The predicted molar refractivity (Wildman–Crippen MR) is 82.2 cm³/mol. The van der Waals surface area contributed by atoms with Crippen molar-refractivity contribution in [1.29, 1.82) is 0 Å². The van der Waals surface area contributed by atoms with Crippen molar-refractivity contribution in [1.82, 2.24) is 5.32 Å². The monoisotopic (exact) mass is 308 g/mol. The first-order chi connectivity index (χ1) is 9.63. The molecule has 0 saturated heterocycles. The minimum atomic E-state index is -0.333. The second-order valence-electron chi connectivity index (χ2n) is 4.27. The van der Waals surface area contributed by atoms with Crippen LogP contribution in [0, 0.1) is 0 Å². The van der Waals surface area contributed by atoms with E-state index in [9.17, 15) is 4.79 Å². The van der Waals surface area contributed by atoms with E-state index < -0.39 is 0 Å². The first-order valence-corrected chi connectivity index (χ1v) is 6.89. The van der Waals surface area contributed by atoms with Gasteiger partial charge in [-0.3, -0.25) is 4.79 Å². The highest BCUT2D eigenvalue weighted by molar-refractivity contribution is 6.39. The van der Waals surface area contributed by atoms with Crippen molar-refractivity contribution in [3.63, 3.8) is 0 Å². The van der Waals surface area contributed by atoms with Crippen LogP contribution in [0.15, 0.2) is 48.5 Å². The number of hydrogen-bond acceptors (Lipinski definition) is 2. The molecule has 0 bridgehead atoms. The Morgan fingerprint density at radius 1 is 1.05 bits per heavy atom. The van der Waals surface area contributed by atoms with E-state index in [4.69, 9.17) is 28.9 Å². The molecule has 3 nitrogen and oxygen atoms in total. The number of hydrogen-bond donors (Lipinski definition) is 2. The second kappa shape index (κ2) is 6.75. The van der Waals surface area contributed by atoms with Gasteiger partial charge < -0.3 is 11.1 Å². The topological polar surface area (TPSA) is 55.1 Å². The van der Waals surface area contributed by atoms with E-state index in [0.717, 1.165) is 5.56 Å². The van der Waals surface area contributed by atoms with Crippen molar-refractivity contribution in [2.24, 2.45) is 5.73 Å². The molecular weight excluding hydrogens is 295 g/mol. The molecule has 3 N–H and O–H groups in total. The average Bonchev–Trinajstić information content (AvgIpc) is 2.45. The number of nitrogens with two attached hydrogens (primary N) is 1. The van der Waals surface area contributed by atoms with Gasteiger partial charge in [-0.15, -0.1) is 0 Å². The average molecular weight is 309 g/mol. The van der Waals surface area contributed by atoms with Crippen LogP contribution in [0.5, 0.6) is 0 Å². The predicted octanol–water partition coefficient (Wildman–Crippen LogP) is 3.42. The summed E-state index contributed by atoms with van der Waals surface area (Å²) in [6.45, 7) is 0.290. The molecule has 2 aromatic rings. The molecule has 0 heterocycles. The number of nitrogens with one attached hydrogen (secondary N) is 1. The molecule has 5 heteroatoms. The van der Waals surface area contributed by atoms with Crippen LogP contribution < -0.4 is 11.1 Å². The quantitative estimate of drug-likeness (QED) is 0.909. The van der Waals surface area contributed by atoms with Crippen LogP contribution in [0.1, 0.15) is 22.0 Å². The van der Waals surface area contributed by atoms with Crippen LogP contribution in [0.2, 0.25) is 10.0 Å². The molecule has 0 fully saturated rings. The van der Waals surface area contributed by atoms with E-state index in [1.165, 1.54) is 0 Å². The third kappa shape index (κ3) is 3.31. The molecule has 104 valence electrons. The highest BCUT2D eigenvalue weighted by atomic mass is 35.5. The molecule has 0 aliphatic heterocycles. The van der Waals surface area contributed by atoms with E-state index in [1.54, 1.807) is 18.2 Å². The molecule has 20 heavy (non-hydrogen) atoms. The summed E-state index contributed by atoms with van der Waals surface area (Å²) in [5.41, 5.74) is 6.93. The zero-order valence-corrected chi connectivity index (χ0v) is 12.2. The lowest BCUT2D eigenvalue weighted by Gasteiger charge is -2.18. The Morgan fingerprint density at radius 2 is 1.65 bits per heavy atom. The number of amides is 1. The fourth-order valence-corrected chi connectivity index (χ4v) is 2.48. The Balaban J connectivity index is 2.22. The van der Waals surface area contributed by atoms with E-state index in [1.807, 2.05) is 30.3 Å². The molecule has 0 radical (unpaired) electrons. The molecular formula is C15H14Cl2N2O. The molecule has 0 aliphatic carbocycles. The van der Waals surface area contributed by atoms with E-state index in [2.05, 4.69) is 5.32 Å². The van der Waals surface area contributed by atoms with Gasteiger partial charge in [-0.25, -0.2) is 0 Å². The summed E-state index contributed by atoms with van der Waals surface area (Å²) in [6.07, 6.45) is 0. The van der Waals surface area contributed by atoms with Gasteiger partial charge in [-0.1, -0.05) is 59.6 Å². The van der Waals surface area contributed by atoms with Crippen molar-refractivity contribution >= 4 is 29.1 Å². The summed E-state index contributed by atoms with van der Waals surface area (Å²) < 4.78 is 0. The lowest BCUT2D eigenvalue weighted by molar-refractivity contribution is 0.0938. The van der Waals surface area contributed by atoms with Gasteiger partial charge in [0.25, 0.3) is 5.91 Å². The van der Waals surface area contributed by atoms with Crippen LogP contribution in [-0.2, 0) is 0 Å². The zero-order valence-electron chi connectivity index (χ0n) is 10.6. The van der Waals surface area contributed by atoms with Crippen molar-refractivity contribution in [2.45, 2.75) is 6.04 Å². The Bertz CT molecular complexity index is 582. The summed E-state index contributed by atoms with van der Waals surface area (Å²) in [6, 6.07) is 14.2. The van der Waals surface area contributed by atoms with Gasteiger partial charge in [0.15, 0.2) is 0 Å². The van der Waals surface area contributed by atoms with Crippen LogP contribution in [-0.4, -0.2) is 12.5 Å². The Hall–Kier alpha value is -1.55. The van der Waals surface area contributed by atoms with Gasteiger partial charge in [-0.05, 0) is 17.7 Å². The normalized spacial score (nSPS) is 11.9. The second-order valence-corrected chi connectivity index (χ2v) is 5.08. The highest BCUT2D eigenvalue weighted by Crippen LogP contribution is 2.25. The number of carbonyl (C=O) groups excluding carboxylic acids is 1. The van der Waals surface area contributed by atoms with Crippen LogP contribution in [0.25, 0.3) is 0 Å². The third-order valence-electron chi connectivity index (χ3n) is 2.93. The molecule has 1 amide bonds.